The SMILES string of the molecule is C=C/C=N\C(=C/C)Nc1cccc(C(=O)OC)c1OCOCCOC.CC.CC. The number of allylic oxidation sites excluding steroid dienone is 2. The van der Waals surface area contributed by atoms with Gasteiger partial charge in [0, 0.05) is 13.3 Å². The molecule has 0 radical (unpaired) electrons. The summed E-state index contributed by atoms with van der Waals surface area (Å²) in [6.07, 6.45) is 4.90. The molecule has 1 N–H and O–H groups in total. The normalized spacial score (nSPS) is 10.2. The third kappa shape index (κ3) is 11.7. The topological polar surface area (TPSA) is 78.4 Å². The molecule has 29 heavy (non-hydrogen) atoms. The maximum Gasteiger partial charge on any atom is 0.341 e. The van der Waals surface area contributed by atoms with E-state index in [4.69, 9.17) is 18.9 Å². The van der Waals surface area contributed by atoms with E-state index in [0.717, 1.165) is 0 Å². The fraction of sp³-hybridized carbons (Fsp3) is 0.455. The Labute approximate surface area is 175 Å². The van der Waals surface area contributed by atoms with Crippen molar-refractivity contribution in [3.05, 3.63) is 48.3 Å². The summed E-state index contributed by atoms with van der Waals surface area (Å²) < 4.78 is 20.7. The number of ether oxygens (including phenoxy) is 4. The Balaban J connectivity index is 0. The molecule has 1 aromatic rings. The second-order valence-corrected chi connectivity index (χ2v) is 4.65. The van der Waals surface area contributed by atoms with Gasteiger partial charge < -0.3 is 24.3 Å². The molecule has 0 spiro atoms. The largest absolute Gasteiger partial charge is 0.465 e. The molecule has 0 heterocycles. The van der Waals surface area contributed by atoms with E-state index < -0.39 is 5.97 Å². The third-order valence-corrected chi connectivity index (χ3v) is 2.99. The lowest BCUT2D eigenvalue weighted by atomic mass is 10.1. The monoisotopic (exact) mass is 408 g/mol. The van der Waals surface area contributed by atoms with Crippen molar-refractivity contribution in [1.29, 1.82) is 0 Å². The number of hydrogen-bond donors (Lipinski definition) is 1. The maximum atomic E-state index is 12.0. The Bertz CT molecular complexity index is 628. The zero-order valence-corrected chi connectivity index (χ0v) is 18.8. The number of esters is 1. The number of benzene rings is 1. The minimum absolute atomic E-state index is 0.0346. The van der Waals surface area contributed by atoms with Crippen LogP contribution in [-0.4, -0.2) is 46.4 Å². The molecule has 0 unspecified atom stereocenters. The number of anilines is 1. The molecule has 0 fully saturated rings. The lowest BCUT2D eigenvalue weighted by Gasteiger charge is -2.16. The predicted octanol–water partition coefficient (Wildman–Crippen LogP) is 5.05. The Kier molecular flexibility index (Phi) is 19.8. The fourth-order valence-corrected chi connectivity index (χ4v) is 1.81. The third-order valence-electron chi connectivity index (χ3n) is 2.99. The van der Waals surface area contributed by atoms with Crippen molar-refractivity contribution in [2.24, 2.45) is 4.99 Å². The molecule has 0 aliphatic heterocycles. The van der Waals surface area contributed by atoms with E-state index in [1.807, 2.05) is 34.6 Å². The Hall–Kier alpha value is -2.64. The van der Waals surface area contributed by atoms with Crippen LogP contribution in [0.1, 0.15) is 45.0 Å². The van der Waals surface area contributed by atoms with Gasteiger partial charge in [0.25, 0.3) is 0 Å². The molecule has 1 rings (SSSR count). The van der Waals surface area contributed by atoms with Crippen molar-refractivity contribution >= 4 is 17.9 Å². The zero-order valence-electron chi connectivity index (χ0n) is 18.8. The van der Waals surface area contributed by atoms with Gasteiger partial charge in [-0.15, -0.1) is 0 Å². The summed E-state index contributed by atoms with van der Waals surface area (Å²) in [5.41, 5.74) is 0.846. The minimum atomic E-state index is -0.507. The van der Waals surface area contributed by atoms with Crippen molar-refractivity contribution in [3.63, 3.8) is 0 Å². The van der Waals surface area contributed by atoms with Crippen molar-refractivity contribution < 1.29 is 23.7 Å². The number of carbonyl (C=O) groups excluding carboxylic acids is 1. The number of aliphatic imine (C=N–C) groups is 1. The molecule has 0 saturated heterocycles. The van der Waals surface area contributed by atoms with Crippen LogP contribution in [0.25, 0.3) is 0 Å². The van der Waals surface area contributed by atoms with E-state index in [2.05, 4.69) is 16.9 Å². The highest BCUT2D eigenvalue weighted by atomic mass is 16.7. The second-order valence-electron chi connectivity index (χ2n) is 4.65. The summed E-state index contributed by atoms with van der Waals surface area (Å²) >= 11 is 0. The van der Waals surface area contributed by atoms with Gasteiger partial charge in [-0.05, 0) is 25.1 Å². The quantitative estimate of drug-likeness (QED) is 0.239. The average molecular weight is 409 g/mol. The molecule has 7 nitrogen and oxygen atoms in total. The first-order valence-electron chi connectivity index (χ1n) is 9.67. The maximum absolute atomic E-state index is 12.0. The fourth-order valence-electron chi connectivity index (χ4n) is 1.81. The average Bonchev–Trinajstić information content (AvgIpc) is 2.79. The number of methoxy groups -OCH3 is 2. The minimum Gasteiger partial charge on any atom is -0.465 e. The summed E-state index contributed by atoms with van der Waals surface area (Å²) in [5, 5.41) is 3.11. The van der Waals surface area contributed by atoms with Crippen LogP contribution < -0.4 is 10.1 Å². The van der Waals surface area contributed by atoms with Gasteiger partial charge in [0.1, 0.15) is 11.4 Å². The molecule has 0 bridgehead atoms. The molecule has 0 aliphatic rings. The van der Waals surface area contributed by atoms with Gasteiger partial charge >= 0.3 is 5.97 Å². The Morgan fingerprint density at radius 1 is 1.17 bits per heavy atom. The van der Waals surface area contributed by atoms with E-state index in [1.54, 1.807) is 43.7 Å². The van der Waals surface area contributed by atoms with E-state index in [1.165, 1.54) is 7.11 Å². The van der Waals surface area contributed by atoms with Crippen LogP contribution in [0, 0.1) is 0 Å². The number of nitrogens with one attached hydrogen (secondary N) is 1. The number of carbonyl (C=O) groups is 1. The van der Waals surface area contributed by atoms with Crippen LogP contribution in [0.2, 0.25) is 0 Å². The number of hydrogen-bond acceptors (Lipinski definition) is 7. The van der Waals surface area contributed by atoms with Gasteiger partial charge in [-0.3, -0.25) is 0 Å². The van der Waals surface area contributed by atoms with Crippen molar-refractivity contribution in [1.82, 2.24) is 0 Å². The summed E-state index contributed by atoms with van der Waals surface area (Å²) in [5.74, 6) is 0.388. The molecule has 164 valence electrons. The summed E-state index contributed by atoms with van der Waals surface area (Å²) in [4.78, 5) is 16.2. The van der Waals surface area contributed by atoms with Crippen LogP contribution in [0.5, 0.6) is 5.75 Å². The summed E-state index contributed by atoms with van der Waals surface area (Å²) in [7, 11) is 2.90. The first kappa shape index (κ1) is 28.6. The van der Waals surface area contributed by atoms with Crippen LogP contribution >= 0.6 is 0 Å². The predicted molar refractivity (Wildman–Crippen MR) is 120 cm³/mol. The van der Waals surface area contributed by atoms with Gasteiger partial charge in [-0.2, -0.15) is 0 Å². The number of nitrogens with zero attached hydrogens (tertiary/aromatic N) is 1. The first-order valence-corrected chi connectivity index (χ1v) is 9.67. The van der Waals surface area contributed by atoms with Gasteiger partial charge in [0.2, 0.25) is 0 Å². The van der Waals surface area contributed by atoms with Crippen LogP contribution in [0.3, 0.4) is 0 Å². The second kappa shape index (κ2) is 20.1. The molecule has 0 amide bonds. The van der Waals surface area contributed by atoms with Crippen molar-refractivity contribution in [3.8, 4) is 5.75 Å². The van der Waals surface area contributed by atoms with Crippen LogP contribution in [0.15, 0.2) is 47.7 Å². The van der Waals surface area contributed by atoms with Gasteiger partial charge in [0.05, 0.1) is 26.0 Å². The number of para-hydroxylation sites is 1. The van der Waals surface area contributed by atoms with Crippen LogP contribution in [0.4, 0.5) is 5.69 Å². The Morgan fingerprint density at radius 2 is 1.86 bits per heavy atom. The summed E-state index contributed by atoms with van der Waals surface area (Å²) in [6.45, 7) is 14.2. The molecule has 1 aromatic carbocycles. The molecule has 0 saturated carbocycles. The first-order chi connectivity index (χ1) is 14.2. The van der Waals surface area contributed by atoms with E-state index in [9.17, 15) is 4.79 Å². The van der Waals surface area contributed by atoms with Crippen LogP contribution in [-0.2, 0) is 14.2 Å². The van der Waals surface area contributed by atoms with Gasteiger partial charge in [-0.25, -0.2) is 9.79 Å². The summed E-state index contributed by atoms with van der Waals surface area (Å²) in [6, 6.07) is 5.10. The molecule has 0 aliphatic carbocycles. The molecular weight excluding hydrogens is 372 g/mol. The highest BCUT2D eigenvalue weighted by Gasteiger charge is 2.17. The van der Waals surface area contributed by atoms with E-state index >= 15 is 0 Å². The zero-order chi connectivity index (χ0) is 22.5. The highest BCUT2D eigenvalue weighted by molar-refractivity contribution is 5.95. The molecule has 7 heteroatoms. The number of rotatable bonds is 11. The van der Waals surface area contributed by atoms with E-state index in [0.29, 0.717) is 30.5 Å². The lowest BCUT2D eigenvalue weighted by molar-refractivity contribution is -0.00874. The molecule has 0 aromatic heterocycles. The standard InChI is InChI=1S/C18H24N2O5.2C2H6/c1-5-10-19-16(6-2)20-15-9-7-8-14(18(21)23-4)17(15)25-13-24-12-11-22-3;2*1-2/h5-10,20H,1,11-13H2,2-4H3;2*1-2H3/b16-6+,19-10-;;. The van der Waals surface area contributed by atoms with Crippen molar-refractivity contribution in [2.45, 2.75) is 34.6 Å². The smallest absolute Gasteiger partial charge is 0.341 e. The van der Waals surface area contributed by atoms with E-state index in [-0.39, 0.29) is 12.4 Å². The van der Waals surface area contributed by atoms with Gasteiger partial charge in [-0.1, -0.05) is 46.4 Å². The molecular formula is C22H36N2O5. The van der Waals surface area contributed by atoms with Crippen molar-refractivity contribution in [2.75, 3.05) is 39.5 Å². The van der Waals surface area contributed by atoms with Gasteiger partial charge in [0.15, 0.2) is 12.5 Å². The lowest BCUT2D eigenvalue weighted by Crippen LogP contribution is -2.12. The highest BCUT2D eigenvalue weighted by Crippen LogP contribution is 2.31. The Morgan fingerprint density at radius 3 is 2.41 bits per heavy atom. The molecule has 0 atom stereocenters.